The third kappa shape index (κ3) is 4.60. The van der Waals surface area contributed by atoms with E-state index in [4.69, 9.17) is 0 Å². The number of rotatable bonds is 5. The molecule has 0 fully saturated rings. The second-order valence-corrected chi connectivity index (χ2v) is 11.3. The fraction of sp³-hybridized carbons (Fsp3) is 0.0476. The Labute approximate surface area is 253 Å². The Bertz CT molecular complexity index is 1980. The number of hydrogen-bond donors (Lipinski definition) is 0. The summed E-state index contributed by atoms with van der Waals surface area (Å²) in [4.78, 5) is 2.43. The van der Waals surface area contributed by atoms with E-state index in [2.05, 4.69) is 169 Å². The third-order valence-corrected chi connectivity index (χ3v) is 8.74. The number of fused-ring (bicyclic) bond motifs is 3. The molecule has 0 atom stereocenters. The number of allylic oxidation sites excluding steroid dienone is 1. The predicted molar refractivity (Wildman–Crippen MR) is 184 cm³/mol. The topological polar surface area (TPSA) is 3.24 Å². The Morgan fingerprint density at radius 1 is 0.442 bits per heavy atom. The Morgan fingerprint density at radius 3 is 1.53 bits per heavy atom. The van der Waals surface area contributed by atoms with Crippen LogP contribution in [0.2, 0.25) is 0 Å². The molecule has 0 heterocycles. The lowest BCUT2D eigenvalue weighted by molar-refractivity contribution is 0.979. The Kier molecular flexibility index (Phi) is 6.35. The minimum Gasteiger partial charge on any atom is -0.310 e. The van der Waals surface area contributed by atoms with Crippen LogP contribution >= 0.6 is 0 Å². The smallest absolute Gasteiger partial charge is 0.0499 e. The number of benzene rings is 7. The van der Waals surface area contributed by atoms with E-state index >= 15 is 0 Å². The molecule has 0 radical (unpaired) electrons. The van der Waals surface area contributed by atoms with Crippen molar-refractivity contribution in [3.8, 4) is 22.3 Å². The zero-order chi connectivity index (χ0) is 28.6. The summed E-state index contributed by atoms with van der Waals surface area (Å²) in [6.45, 7) is 0. The summed E-state index contributed by atoms with van der Waals surface area (Å²) in [7, 11) is 0. The van der Waals surface area contributed by atoms with Gasteiger partial charge in [-0.1, -0.05) is 133 Å². The van der Waals surface area contributed by atoms with E-state index in [0.717, 1.165) is 24.2 Å². The predicted octanol–water partition coefficient (Wildman–Crippen LogP) is 11.8. The zero-order valence-corrected chi connectivity index (χ0v) is 23.9. The number of nitrogens with zero attached hydrogens (tertiary/aromatic N) is 1. The van der Waals surface area contributed by atoms with Crippen LogP contribution in [-0.4, -0.2) is 0 Å². The molecule has 0 unspecified atom stereocenters. The average Bonchev–Trinajstić information content (AvgIpc) is 3.09. The van der Waals surface area contributed by atoms with Crippen LogP contribution in [0.25, 0.3) is 49.9 Å². The van der Waals surface area contributed by atoms with Gasteiger partial charge in [0.1, 0.15) is 0 Å². The number of hydrogen-bond acceptors (Lipinski definition) is 1. The summed E-state index contributed by atoms with van der Waals surface area (Å²) in [6, 6.07) is 55.2. The molecule has 0 saturated carbocycles. The second kappa shape index (κ2) is 10.8. The van der Waals surface area contributed by atoms with Crippen molar-refractivity contribution in [2.24, 2.45) is 0 Å². The molecule has 8 rings (SSSR count). The molecular formula is C42H31N. The van der Waals surface area contributed by atoms with Crippen LogP contribution in [0.5, 0.6) is 0 Å². The van der Waals surface area contributed by atoms with Crippen LogP contribution in [0.4, 0.5) is 17.1 Å². The first-order valence-corrected chi connectivity index (χ1v) is 15.1. The highest BCUT2D eigenvalue weighted by molar-refractivity contribution is 5.98. The summed E-state index contributed by atoms with van der Waals surface area (Å²) in [5, 5.41) is 5.09. The third-order valence-electron chi connectivity index (χ3n) is 8.74. The Hall–Kier alpha value is -5.40. The van der Waals surface area contributed by atoms with Gasteiger partial charge in [-0.15, -0.1) is 0 Å². The van der Waals surface area contributed by atoms with Crippen LogP contribution in [0.3, 0.4) is 0 Å². The lowest BCUT2D eigenvalue weighted by Gasteiger charge is -2.29. The van der Waals surface area contributed by atoms with Crippen LogP contribution in [0, 0.1) is 0 Å². The van der Waals surface area contributed by atoms with Crippen LogP contribution in [0.1, 0.15) is 17.5 Å². The van der Waals surface area contributed by atoms with Gasteiger partial charge >= 0.3 is 0 Å². The first-order chi connectivity index (χ1) is 21.3. The number of anilines is 3. The highest BCUT2D eigenvalue weighted by atomic mass is 15.1. The summed E-state index contributed by atoms with van der Waals surface area (Å²) in [6.07, 6.45) is 6.67. The van der Waals surface area contributed by atoms with Crippen molar-refractivity contribution in [3.05, 3.63) is 169 Å². The van der Waals surface area contributed by atoms with Gasteiger partial charge in [-0.3, -0.25) is 0 Å². The van der Waals surface area contributed by atoms with Gasteiger partial charge in [-0.25, -0.2) is 0 Å². The van der Waals surface area contributed by atoms with Crippen molar-refractivity contribution in [1.82, 2.24) is 0 Å². The monoisotopic (exact) mass is 549 g/mol. The molecule has 1 nitrogen and oxygen atoms in total. The summed E-state index contributed by atoms with van der Waals surface area (Å²) in [5.41, 5.74) is 11.3. The molecule has 7 aromatic carbocycles. The van der Waals surface area contributed by atoms with Gasteiger partial charge in [0.05, 0.1) is 0 Å². The normalized spacial score (nSPS) is 12.4. The summed E-state index contributed by atoms with van der Waals surface area (Å²) < 4.78 is 0. The largest absolute Gasteiger partial charge is 0.310 e. The Balaban J connectivity index is 1.24. The first-order valence-electron chi connectivity index (χ1n) is 15.1. The molecule has 0 spiro atoms. The molecule has 0 N–H and O–H groups in total. The molecule has 1 aliphatic carbocycles. The SMILES string of the molecule is C1=Cc2cccc(N(c3ccc(-c4cccc5ccccc45)cc3)c3ccc(-c4cccc5ccccc45)cc3)c2CC1. The van der Waals surface area contributed by atoms with E-state index in [0.29, 0.717) is 0 Å². The van der Waals surface area contributed by atoms with Crippen LogP contribution < -0.4 is 4.90 Å². The van der Waals surface area contributed by atoms with E-state index in [1.165, 1.54) is 60.6 Å². The Morgan fingerprint density at radius 2 is 0.953 bits per heavy atom. The highest BCUT2D eigenvalue weighted by Crippen LogP contribution is 2.41. The molecule has 0 saturated heterocycles. The first kappa shape index (κ1) is 25.3. The fourth-order valence-corrected chi connectivity index (χ4v) is 6.63. The minimum atomic E-state index is 1.04. The van der Waals surface area contributed by atoms with Crippen LogP contribution in [0.15, 0.2) is 158 Å². The van der Waals surface area contributed by atoms with Crippen LogP contribution in [-0.2, 0) is 6.42 Å². The summed E-state index contributed by atoms with van der Waals surface area (Å²) >= 11 is 0. The van der Waals surface area contributed by atoms with Gasteiger partial charge in [-0.2, -0.15) is 0 Å². The van der Waals surface area contributed by atoms with Gasteiger partial charge in [-0.05, 0) is 98.1 Å². The van der Waals surface area contributed by atoms with Crippen molar-refractivity contribution < 1.29 is 0 Å². The zero-order valence-electron chi connectivity index (χ0n) is 23.9. The fourth-order valence-electron chi connectivity index (χ4n) is 6.63. The standard InChI is InChI=1S/C42H31N/c1-4-16-37-30(10-1)13-7-19-39(37)33-22-26-35(27-23-33)43(42-21-9-15-32-12-3-6-18-41(32)42)36-28-24-34(25-29-36)40-20-8-14-31-11-2-5-17-38(31)40/h1-5,7-17,19-29H,6,18H2. The van der Waals surface area contributed by atoms with E-state index in [9.17, 15) is 0 Å². The van der Waals surface area contributed by atoms with Gasteiger partial charge in [0.15, 0.2) is 0 Å². The van der Waals surface area contributed by atoms with E-state index in [1.54, 1.807) is 0 Å². The quantitative estimate of drug-likeness (QED) is 0.206. The van der Waals surface area contributed by atoms with E-state index < -0.39 is 0 Å². The molecule has 0 bridgehead atoms. The lowest BCUT2D eigenvalue weighted by atomic mass is 9.94. The van der Waals surface area contributed by atoms with Gasteiger partial charge in [0, 0.05) is 17.1 Å². The minimum absolute atomic E-state index is 1.04. The molecule has 0 aliphatic heterocycles. The van der Waals surface area contributed by atoms with Crippen molar-refractivity contribution in [2.75, 3.05) is 4.90 Å². The second-order valence-electron chi connectivity index (χ2n) is 11.3. The average molecular weight is 550 g/mol. The lowest BCUT2D eigenvalue weighted by Crippen LogP contribution is -2.13. The highest BCUT2D eigenvalue weighted by Gasteiger charge is 2.19. The molecule has 7 aromatic rings. The maximum absolute atomic E-state index is 2.43. The van der Waals surface area contributed by atoms with Crippen molar-refractivity contribution >= 4 is 44.7 Å². The molecule has 1 heteroatoms. The van der Waals surface area contributed by atoms with Gasteiger partial charge < -0.3 is 4.90 Å². The molecule has 0 aromatic heterocycles. The van der Waals surface area contributed by atoms with Crippen molar-refractivity contribution in [2.45, 2.75) is 12.8 Å². The van der Waals surface area contributed by atoms with E-state index in [-0.39, 0.29) is 0 Å². The van der Waals surface area contributed by atoms with E-state index in [1.807, 2.05) is 0 Å². The molecule has 43 heavy (non-hydrogen) atoms. The maximum Gasteiger partial charge on any atom is 0.0499 e. The van der Waals surface area contributed by atoms with Gasteiger partial charge in [0.2, 0.25) is 0 Å². The van der Waals surface area contributed by atoms with Crippen molar-refractivity contribution in [1.29, 1.82) is 0 Å². The van der Waals surface area contributed by atoms with Crippen molar-refractivity contribution in [3.63, 3.8) is 0 Å². The molecule has 0 amide bonds. The van der Waals surface area contributed by atoms with Gasteiger partial charge in [0.25, 0.3) is 0 Å². The molecule has 204 valence electrons. The molecule has 1 aliphatic rings. The maximum atomic E-state index is 2.43. The molecular weight excluding hydrogens is 518 g/mol. The summed E-state index contributed by atoms with van der Waals surface area (Å²) in [5.74, 6) is 0.